The number of hydrogen-bond acceptors (Lipinski definition) is 4. The maximum atomic E-state index is 11.5. The zero-order chi connectivity index (χ0) is 21.1. The van der Waals surface area contributed by atoms with Gasteiger partial charge in [0.05, 0.1) is 0 Å². The van der Waals surface area contributed by atoms with Gasteiger partial charge in [-0.2, -0.15) is 0 Å². The third kappa shape index (κ3) is 5.07. The lowest BCUT2D eigenvalue weighted by Gasteiger charge is -2.55. The summed E-state index contributed by atoms with van der Waals surface area (Å²) in [5, 5.41) is 0. The Balaban J connectivity index is 2.12. The molecule has 2 aliphatic carbocycles. The predicted molar refractivity (Wildman–Crippen MR) is 112 cm³/mol. The van der Waals surface area contributed by atoms with Crippen LogP contribution in [0.2, 0.25) is 0 Å². The fourth-order valence-corrected chi connectivity index (χ4v) is 5.77. The van der Waals surface area contributed by atoms with Crippen molar-refractivity contribution in [2.24, 2.45) is 16.7 Å². The number of hydrogen-bond donors (Lipinski definition) is 0. The molecule has 0 unspecified atom stereocenters. The van der Waals surface area contributed by atoms with E-state index >= 15 is 0 Å². The van der Waals surface area contributed by atoms with E-state index in [-0.39, 0.29) is 24.0 Å². The van der Waals surface area contributed by atoms with Crippen LogP contribution in [0.25, 0.3) is 0 Å². The Kier molecular flexibility index (Phi) is 7.17. The normalized spacial score (nSPS) is 27.6. The molecule has 0 bridgehead atoms. The van der Waals surface area contributed by atoms with Crippen LogP contribution in [0.4, 0.5) is 0 Å². The summed E-state index contributed by atoms with van der Waals surface area (Å²) in [6.45, 7) is 16.5. The van der Waals surface area contributed by atoms with Gasteiger partial charge in [0, 0.05) is 13.8 Å². The first-order chi connectivity index (χ1) is 13.0. The van der Waals surface area contributed by atoms with Crippen LogP contribution in [-0.2, 0) is 19.1 Å². The van der Waals surface area contributed by atoms with Crippen LogP contribution in [0, 0.1) is 16.7 Å². The van der Waals surface area contributed by atoms with E-state index in [0.29, 0.717) is 11.3 Å². The Labute approximate surface area is 170 Å². The van der Waals surface area contributed by atoms with Crippen molar-refractivity contribution in [3.05, 3.63) is 23.3 Å². The lowest BCUT2D eigenvalue weighted by atomic mass is 9.50. The summed E-state index contributed by atoms with van der Waals surface area (Å²) in [6, 6.07) is 0. The van der Waals surface area contributed by atoms with Crippen LogP contribution in [0.1, 0.15) is 86.5 Å². The SMILES string of the molecule is C=C(CCC1=C(C)CC[C@@H]2C(C)(C)CCC[C@@]12C)[C@@H](COC(C)=O)OC(C)=O. The highest BCUT2D eigenvalue weighted by atomic mass is 16.6. The number of allylic oxidation sites excluding steroid dienone is 2. The third-order valence-electron chi connectivity index (χ3n) is 7.14. The molecule has 0 aliphatic heterocycles. The van der Waals surface area contributed by atoms with Gasteiger partial charge in [-0.3, -0.25) is 9.59 Å². The standard InChI is InChI=1S/C24H38O4/c1-16-10-12-22-23(5,6)13-8-14-24(22,7)20(16)11-9-17(2)21(28-19(4)26)15-27-18(3)25/h21-22H,2,8-15H2,1,3-7H3/t21-,22-,24+/m1/s1. The van der Waals surface area contributed by atoms with Crippen molar-refractivity contribution in [3.8, 4) is 0 Å². The second kappa shape index (κ2) is 8.84. The summed E-state index contributed by atoms with van der Waals surface area (Å²) in [6.07, 6.45) is 7.40. The molecule has 1 saturated carbocycles. The Morgan fingerprint density at radius 2 is 1.86 bits per heavy atom. The van der Waals surface area contributed by atoms with Gasteiger partial charge >= 0.3 is 11.9 Å². The molecule has 0 heterocycles. The molecule has 1 fully saturated rings. The monoisotopic (exact) mass is 390 g/mol. The molecule has 0 aromatic heterocycles. The minimum Gasteiger partial charge on any atom is -0.462 e. The summed E-state index contributed by atoms with van der Waals surface area (Å²) in [5.74, 6) is -0.0472. The lowest BCUT2D eigenvalue weighted by molar-refractivity contribution is -0.154. The van der Waals surface area contributed by atoms with Gasteiger partial charge in [-0.15, -0.1) is 0 Å². The van der Waals surface area contributed by atoms with E-state index in [1.165, 1.54) is 51.5 Å². The van der Waals surface area contributed by atoms with Crippen LogP contribution in [0.15, 0.2) is 23.3 Å². The molecular weight excluding hydrogens is 352 g/mol. The Morgan fingerprint density at radius 1 is 1.18 bits per heavy atom. The first-order valence-corrected chi connectivity index (χ1v) is 10.6. The van der Waals surface area contributed by atoms with Crippen molar-refractivity contribution in [3.63, 3.8) is 0 Å². The summed E-state index contributed by atoms with van der Waals surface area (Å²) < 4.78 is 10.4. The maximum absolute atomic E-state index is 11.5. The van der Waals surface area contributed by atoms with E-state index in [1.807, 2.05) is 0 Å². The summed E-state index contributed by atoms with van der Waals surface area (Å²) in [5.41, 5.74) is 4.54. The largest absolute Gasteiger partial charge is 0.462 e. The summed E-state index contributed by atoms with van der Waals surface area (Å²) in [4.78, 5) is 22.6. The van der Waals surface area contributed by atoms with Crippen LogP contribution < -0.4 is 0 Å². The molecule has 2 rings (SSSR count). The Hall–Kier alpha value is -1.58. The van der Waals surface area contributed by atoms with E-state index in [1.54, 1.807) is 5.57 Å². The smallest absolute Gasteiger partial charge is 0.303 e. The average molecular weight is 391 g/mol. The third-order valence-corrected chi connectivity index (χ3v) is 7.14. The fourth-order valence-electron chi connectivity index (χ4n) is 5.77. The molecular formula is C24H38O4. The average Bonchev–Trinajstić information content (AvgIpc) is 2.56. The van der Waals surface area contributed by atoms with Crippen molar-refractivity contribution >= 4 is 11.9 Å². The molecule has 0 N–H and O–H groups in total. The van der Waals surface area contributed by atoms with Crippen molar-refractivity contribution in [1.29, 1.82) is 0 Å². The van der Waals surface area contributed by atoms with E-state index in [4.69, 9.17) is 9.47 Å². The van der Waals surface area contributed by atoms with Gasteiger partial charge < -0.3 is 9.47 Å². The van der Waals surface area contributed by atoms with Crippen LogP contribution in [0.5, 0.6) is 0 Å². The molecule has 0 aromatic rings. The van der Waals surface area contributed by atoms with E-state index < -0.39 is 6.10 Å². The topological polar surface area (TPSA) is 52.6 Å². The van der Waals surface area contributed by atoms with Gasteiger partial charge in [0.25, 0.3) is 0 Å². The van der Waals surface area contributed by atoms with Crippen LogP contribution in [0.3, 0.4) is 0 Å². The number of fused-ring (bicyclic) bond motifs is 1. The summed E-state index contributed by atoms with van der Waals surface area (Å²) in [7, 11) is 0. The second-order valence-corrected chi connectivity index (χ2v) is 9.67. The highest BCUT2D eigenvalue weighted by Gasteiger charge is 2.49. The number of carbonyl (C=O) groups excluding carboxylic acids is 2. The first kappa shape index (κ1) is 22.7. The number of rotatable bonds is 7. The van der Waals surface area contributed by atoms with Crippen molar-refractivity contribution in [1.82, 2.24) is 0 Å². The highest BCUT2D eigenvalue weighted by molar-refractivity contribution is 5.67. The molecule has 4 heteroatoms. The molecule has 0 spiro atoms. The van der Waals surface area contributed by atoms with Gasteiger partial charge in [0.15, 0.2) is 6.10 Å². The second-order valence-electron chi connectivity index (χ2n) is 9.67. The van der Waals surface area contributed by atoms with Crippen molar-refractivity contribution in [2.75, 3.05) is 6.61 Å². The van der Waals surface area contributed by atoms with E-state index in [0.717, 1.165) is 18.4 Å². The molecule has 4 nitrogen and oxygen atoms in total. The van der Waals surface area contributed by atoms with Crippen LogP contribution >= 0.6 is 0 Å². The van der Waals surface area contributed by atoms with Gasteiger partial charge in [-0.1, -0.05) is 44.9 Å². The molecule has 28 heavy (non-hydrogen) atoms. The molecule has 0 amide bonds. The summed E-state index contributed by atoms with van der Waals surface area (Å²) >= 11 is 0. The van der Waals surface area contributed by atoms with Crippen molar-refractivity contribution in [2.45, 2.75) is 92.6 Å². The number of ether oxygens (including phenoxy) is 2. The van der Waals surface area contributed by atoms with Crippen LogP contribution in [-0.4, -0.2) is 24.6 Å². The van der Waals surface area contributed by atoms with Gasteiger partial charge in [0.2, 0.25) is 0 Å². The van der Waals surface area contributed by atoms with E-state index in [9.17, 15) is 9.59 Å². The number of carbonyl (C=O) groups is 2. The zero-order valence-corrected chi connectivity index (χ0v) is 18.7. The number of esters is 2. The predicted octanol–water partition coefficient (Wildman–Crippen LogP) is 5.76. The minimum atomic E-state index is -0.572. The molecule has 0 radical (unpaired) electrons. The Bertz CT molecular complexity index is 658. The molecule has 158 valence electrons. The minimum absolute atomic E-state index is 0.0404. The molecule has 2 aliphatic rings. The lowest BCUT2D eigenvalue weighted by Crippen LogP contribution is -2.45. The van der Waals surface area contributed by atoms with Crippen molar-refractivity contribution < 1.29 is 19.1 Å². The van der Waals surface area contributed by atoms with Gasteiger partial charge in [0.1, 0.15) is 6.61 Å². The maximum Gasteiger partial charge on any atom is 0.303 e. The first-order valence-electron chi connectivity index (χ1n) is 10.6. The molecule has 3 atom stereocenters. The highest BCUT2D eigenvalue weighted by Crippen LogP contribution is 2.60. The van der Waals surface area contributed by atoms with E-state index in [2.05, 4.69) is 34.3 Å². The quantitative estimate of drug-likeness (QED) is 0.409. The fraction of sp³-hybridized carbons (Fsp3) is 0.750. The van der Waals surface area contributed by atoms with Gasteiger partial charge in [-0.05, 0) is 67.8 Å². The zero-order valence-electron chi connectivity index (χ0n) is 18.7. The Morgan fingerprint density at radius 3 is 2.46 bits per heavy atom. The molecule has 0 aromatic carbocycles. The van der Waals surface area contributed by atoms with Gasteiger partial charge in [-0.25, -0.2) is 0 Å². The molecule has 0 saturated heterocycles.